The average Bonchev–Trinajstić information content (AvgIpc) is 3.20. The van der Waals surface area contributed by atoms with E-state index in [2.05, 4.69) is 4.99 Å². The first kappa shape index (κ1) is 24.2. The molecule has 0 atom stereocenters. The summed E-state index contributed by atoms with van der Waals surface area (Å²) in [5.41, 5.74) is 1.01. The van der Waals surface area contributed by atoms with Gasteiger partial charge in [0.25, 0.3) is 11.6 Å². The Balaban J connectivity index is 1.61. The Labute approximate surface area is 201 Å². The Kier molecular flexibility index (Phi) is 6.96. The Bertz CT molecular complexity index is 1400. The summed E-state index contributed by atoms with van der Waals surface area (Å²) in [5, 5.41) is 11.1. The molecule has 1 aromatic heterocycles. The third-order valence-corrected chi connectivity index (χ3v) is 9.22. The quantitative estimate of drug-likeness (QED) is 0.368. The maximum absolute atomic E-state index is 13.0. The largest absolute Gasteiger partial charge is 0.317 e. The van der Waals surface area contributed by atoms with Crippen molar-refractivity contribution in [3.8, 4) is 0 Å². The Morgan fingerprint density at radius 2 is 1.85 bits per heavy atom. The van der Waals surface area contributed by atoms with E-state index in [9.17, 15) is 23.3 Å². The average molecular weight is 503 g/mol. The van der Waals surface area contributed by atoms with Gasteiger partial charge in [0.15, 0.2) is 4.80 Å². The van der Waals surface area contributed by atoms with Gasteiger partial charge in [-0.05, 0) is 50.1 Å². The lowest BCUT2D eigenvalue weighted by molar-refractivity contribution is -0.384. The van der Waals surface area contributed by atoms with Gasteiger partial charge in [-0.15, -0.1) is 0 Å². The van der Waals surface area contributed by atoms with Crippen molar-refractivity contribution in [3.63, 3.8) is 0 Å². The monoisotopic (exact) mass is 502 g/mol. The third kappa shape index (κ3) is 4.68. The van der Waals surface area contributed by atoms with Crippen molar-refractivity contribution >= 4 is 43.2 Å². The highest BCUT2D eigenvalue weighted by Crippen LogP contribution is 2.27. The van der Waals surface area contributed by atoms with Crippen LogP contribution >= 0.6 is 11.3 Å². The molecule has 2 aromatic carbocycles. The van der Waals surface area contributed by atoms with Crippen molar-refractivity contribution in [2.75, 3.05) is 7.05 Å². The predicted octanol–water partition coefficient (Wildman–Crippen LogP) is 4.33. The van der Waals surface area contributed by atoms with Gasteiger partial charge in [-0.25, -0.2) is 8.42 Å². The lowest BCUT2D eigenvalue weighted by atomic mass is 9.96. The van der Waals surface area contributed by atoms with Gasteiger partial charge in [0.2, 0.25) is 10.0 Å². The molecule has 0 radical (unpaired) electrons. The van der Waals surface area contributed by atoms with Crippen molar-refractivity contribution < 1.29 is 18.1 Å². The lowest BCUT2D eigenvalue weighted by Crippen LogP contribution is -2.38. The highest BCUT2D eigenvalue weighted by Gasteiger charge is 2.29. The first-order valence-electron chi connectivity index (χ1n) is 11.2. The molecule has 0 N–H and O–H groups in total. The molecule has 0 saturated heterocycles. The summed E-state index contributed by atoms with van der Waals surface area (Å²) < 4.78 is 30.0. The number of hydrogen-bond donors (Lipinski definition) is 0. The number of nitro benzene ring substituents is 1. The summed E-state index contributed by atoms with van der Waals surface area (Å²) in [6.45, 7) is 2.44. The first-order valence-corrected chi connectivity index (χ1v) is 13.4. The number of sulfonamides is 1. The number of aryl methyl sites for hydroxylation is 1. The van der Waals surface area contributed by atoms with Gasteiger partial charge >= 0.3 is 0 Å². The zero-order valence-corrected chi connectivity index (χ0v) is 20.6. The zero-order valence-electron chi connectivity index (χ0n) is 19.0. The Morgan fingerprint density at radius 3 is 2.47 bits per heavy atom. The fraction of sp³-hybridized carbons (Fsp3) is 0.391. The van der Waals surface area contributed by atoms with Crippen molar-refractivity contribution in [1.82, 2.24) is 8.87 Å². The molecule has 1 amide bonds. The van der Waals surface area contributed by atoms with E-state index in [-0.39, 0.29) is 22.2 Å². The van der Waals surface area contributed by atoms with Crippen LogP contribution in [0.2, 0.25) is 0 Å². The second-order valence-corrected chi connectivity index (χ2v) is 11.3. The van der Waals surface area contributed by atoms with Crippen LogP contribution in [0.25, 0.3) is 10.2 Å². The van der Waals surface area contributed by atoms with Crippen LogP contribution in [0, 0.1) is 10.1 Å². The number of carbonyl (C=O) groups is 1. The predicted molar refractivity (Wildman–Crippen MR) is 130 cm³/mol. The molecule has 3 aromatic rings. The van der Waals surface area contributed by atoms with Gasteiger partial charge < -0.3 is 4.57 Å². The first-order chi connectivity index (χ1) is 16.2. The van der Waals surface area contributed by atoms with E-state index in [1.807, 2.05) is 11.5 Å². The number of nitrogens with zero attached hydrogens (tertiary/aromatic N) is 4. The fourth-order valence-corrected chi connectivity index (χ4v) is 6.84. The van der Waals surface area contributed by atoms with E-state index < -0.39 is 20.9 Å². The highest BCUT2D eigenvalue weighted by molar-refractivity contribution is 7.89. The molecular formula is C23H26N4O5S2. The lowest BCUT2D eigenvalue weighted by Gasteiger charge is -2.30. The minimum atomic E-state index is -3.64. The second-order valence-electron chi connectivity index (χ2n) is 8.29. The van der Waals surface area contributed by atoms with Gasteiger partial charge in [0.05, 0.1) is 20.0 Å². The molecule has 1 heterocycles. The van der Waals surface area contributed by atoms with E-state index in [0.717, 1.165) is 37.6 Å². The molecule has 1 aliphatic carbocycles. The molecule has 1 fully saturated rings. The van der Waals surface area contributed by atoms with Crippen LogP contribution in [0.1, 0.15) is 49.4 Å². The van der Waals surface area contributed by atoms with Crippen LogP contribution in [-0.2, 0) is 16.6 Å². The van der Waals surface area contributed by atoms with Gasteiger partial charge in [0, 0.05) is 37.3 Å². The minimum absolute atomic E-state index is 0.00309. The molecule has 11 heteroatoms. The summed E-state index contributed by atoms with van der Waals surface area (Å²) in [6.07, 6.45) is 4.92. The SMILES string of the molecule is CCn1c(=NC(=O)c2ccc(S(=O)(=O)N(C)C3CCCCC3)cc2)sc2cc([N+](=O)[O-])ccc21. The number of aromatic nitrogens is 1. The number of nitro groups is 1. The number of rotatable bonds is 6. The third-order valence-electron chi connectivity index (χ3n) is 6.26. The maximum Gasteiger partial charge on any atom is 0.279 e. The molecule has 1 aliphatic rings. The molecule has 0 spiro atoms. The van der Waals surface area contributed by atoms with Crippen molar-refractivity contribution in [2.24, 2.45) is 4.99 Å². The Morgan fingerprint density at radius 1 is 1.18 bits per heavy atom. The number of amides is 1. The summed E-state index contributed by atoms with van der Waals surface area (Å²) >= 11 is 1.20. The number of thiazole rings is 1. The molecule has 180 valence electrons. The van der Waals surface area contributed by atoms with E-state index in [1.165, 1.54) is 52.0 Å². The van der Waals surface area contributed by atoms with E-state index >= 15 is 0 Å². The molecule has 9 nitrogen and oxygen atoms in total. The van der Waals surface area contributed by atoms with Crippen molar-refractivity contribution in [1.29, 1.82) is 0 Å². The molecular weight excluding hydrogens is 476 g/mol. The van der Waals surface area contributed by atoms with Gasteiger partial charge in [0.1, 0.15) is 0 Å². The molecule has 0 unspecified atom stereocenters. The summed E-state index contributed by atoms with van der Waals surface area (Å²) in [4.78, 5) is 28.3. The van der Waals surface area contributed by atoms with Crippen LogP contribution < -0.4 is 4.80 Å². The fourth-order valence-electron chi connectivity index (χ4n) is 4.29. The molecule has 34 heavy (non-hydrogen) atoms. The van der Waals surface area contributed by atoms with E-state index in [1.54, 1.807) is 13.1 Å². The van der Waals surface area contributed by atoms with Gasteiger partial charge in [-0.2, -0.15) is 9.30 Å². The standard InChI is InChI=1S/C23H26N4O5S2/c1-3-26-20-14-11-18(27(29)30)15-21(20)33-23(26)24-22(28)16-9-12-19(13-10-16)34(31,32)25(2)17-7-5-4-6-8-17/h9-15,17H,3-8H2,1-2H3. The molecule has 0 aliphatic heterocycles. The van der Waals surface area contributed by atoms with Crippen LogP contribution in [0.5, 0.6) is 0 Å². The smallest absolute Gasteiger partial charge is 0.279 e. The molecule has 0 bridgehead atoms. The summed E-state index contributed by atoms with van der Waals surface area (Å²) in [6, 6.07) is 10.4. The van der Waals surface area contributed by atoms with Crippen LogP contribution in [-0.4, -0.2) is 41.2 Å². The molecule has 1 saturated carbocycles. The van der Waals surface area contributed by atoms with Gasteiger partial charge in [-0.1, -0.05) is 30.6 Å². The Hall–Kier alpha value is -2.89. The summed E-state index contributed by atoms with van der Waals surface area (Å²) in [5.74, 6) is -0.507. The minimum Gasteiger partial charge on any atom is -0.317 e. The molecule has 4 rings (SSSR count). The topological polar surface area (TPSA) is 115 Å². The number of non-ortho nitro benzene ring substituents is 1. The zero-order chi connectivity index (χ0) is 24.5. The maximum atomic E-state index is 13.0. The number of benzene rings is 2. The second kappa shape index (κ2) is 9.77. The van der Waals surface area contributed by atoms with E-state index in [0.29, 0.717) is 16.0 Å². The van der Waals surface area contributed by atoms with Crippen molar-refractivity contribution in [3.05, 3.63) is 62.9 Å². The van der Waals surface area contributed by atoms with Crippen LogP contribution in [0.3, 0.4) is 0 Å². The van der Waals surface area contributed by atoms with Gasteiger partial charge in [-0.3, -0.25) is 14.9 Å². The van der Waals surface area contributed by atoms with E-state index in [4.69, 9.17) is 0 Å². The number of carbonyl (C=O) groups excluding carboxylic acids is 1. The van der Waals surface area contributed by atoms with Crippen molar-refractivity contribution in [2.45, 2.75) is 56.5 Å². The number of hydrogen-bond acceptors (Lipinski definition) is 6. The van der Waals surface area contributed by atoms with Crippen LogP contribution in [0.4, 0.5) is 5.69 Å². The number of fused-ring (bicyclic) bond motifs is 1. The highest BCUT2D eigenvalue weighted by atomic mass is 32.2. The normalized spacial score (nSPS) is 15.8. The van der Waals surface area contributed by atoms with Crippen LogP contribution in [0.15, 0.2) is 52.4 Å². The summed E-state index contributed by atoms with van der Waals surface area (Å²) in [7, 11) is -2.02.